The van der Waals surface area contributed by atoms with Crippen LogP contribution in [-0.2, 0) is 16.6 Å². The van der Waals surface area contributed by atoms with Gasteiger partial charge in [-0.15, -0.1) is 0 Å². The number of hydrogen-bond acceptors (Lipinski definition) is 3. The lowest BCUT2D eigenvalue weighted by atomic mass is 10.2. The zero-order valence-electron chi connectivity index (χ0n) is 11.1. The molecule has 0 aliphatic carbocycles. The van der Waals surface area contributed by atoms with Gasteiger partial charge in [-0.1, -0.05) is 18.2 Å². The van der Waals surface area contributed by atoms with Gasteiger partial charge in [-0.2, -0.15) is 0 Å². The van der Waals surface area contributed by atoms with Crippen LogP contribution in [0.5, 0.6) is 0 Å². The second-order valence-corrected chi connectivity index (χ2v) is 6.96. The number of rotatable bonds is 4. The van der Waals surface area contributed by atoms with Crippen molar-refractivity contribution in [2.75, 3.05) is 4.72 Å². The Balaban J connectivity index is 2.45. The molecule has 0 saturated carbocycles. The largest absolute Gasteiger partial charge is 0.392 e. The Hall–Kier alpha value is -1.44. The van der Waals surface area contributed by atoms with Gasteiger partial charge in [-0.3, -0.25) is 4.72 Å². The van der Waals surface area contributed by atoms with E-state index in [0.717, 1.165) is 6.07 Å². The Bertz CT molecular complexity index is 778. The first-order chi connectivity index (χ1) is 9.85. The maximum absolute atomic E-state index is 13.6. The molecule has 0 atom stereocenters. The quantitative estimate of drug-likeness (QED) is 0.864. The van der Waals surface area contributed by atoms with Crippen molar-refractivity contribution >= 4 is 31.6 Å². The van der Waals surface area contributed by atoms with Gasteiger partial charge in [0.1, 0.15) is 5.82 Å². The number of hydrogen-bond donors (Lipinski definition) is 2. The average molecular weight is 374 g/mol. The number of aryl methyl sites for hydroxylation is 1. The van der Waals surface area contributed by atoms with Gasteiger partial charge in [0.05, 0.1) is 21.7 Å². The van der Waals surface area contributed by atoms with Crippen LogP contribution in [0.1, 0.15) is 11.1 Å². The van der Waals surface area contributed by atoms with Crippen LogP contribution in [0.15, 0.2) is 45.8 Å². The van der Waals surface area contributed by atoms with Gasteiger partial charge < -0.3 is 5.11 Å². The van der Waals surface area contributed by atoms with E-state index in [9.17, 15) is 17.9 Å². The Morgan fingerprint density at radius 2 is 1.95 bits per heavy atom. The van der Waals surface area contributed by atoms with Crippen molar-refractivity contribution in [1.29, 1.82) is 0 Å². The fourth-order valence-electron chi connectivity index (χ4n) is 1.85. The van der Waals surface area contributed by atoms with E-state index in [1.165, 1.54) is 18.2 Å². The Morgan fingerprint density at radius 3 is 2.62 bits per heavy atom. The minimum Gasteiger partial charge on any atom is -0.392 e. The topological polar surface area (TPSA) is 66.4 Å². The van der Waals surface area contributed by atoms with Gasteiger partial charge in [-0.25, -0.2) is 12.8 Å². The molecule has 112 valence electrons. The van der Waals surface area contributed by atoms with Crippen LogP contribution in [0.3, 0.4) is 0 Å². The van der Waals surface area contributed by atoms with Crippen LogP contribution in [0.4, 0.5) is 10.1 Å². The third kappa shape index (κ3) is 3.42. The maximum atomic E-state index is 13.6. The van der Waals surface area contributed by atoms with Crippen LogP contribution in [0.25, 0.3) is 0 Å². The molecule has 0 spiro atoms. The van der Waals surface area contributed by atoms with E-state index in [1.807, 2.05) is 0 Å². The summed E-state index contributed by atoms with van der Waals surface area (Å²) >= 11 is 3.04. The highest BCUT2D eigenvalue weighted by Gasteiger charge is 2.19. The smallest absolute Gasteiger partial charge is 0.262 e. The Labute approximate surface area is 130 Å². The highest BCUT2D eigenvalue weighted by molar-refractivity contribution is 9.10. The van der Waals surface area contributed by atoms with Crippen molar-refractivity contribution in [1.82, 2.24) is 0 Å². The molecule has 0 amide bonds. The lowest BCUT2D eigenvalue weighted by molar-refractivity contribution is 0.278. The van der Waals surface area contributed by atoms with Crippen molar-refractivity contribution in [3.8, 4) is 0 Å². The van der Waals surface area contributed by atoms with Gasteiger partial charge >= 0.3 is 0 Å². The van der Waals surface area contributed by atoms with Crippen molar-refractivity contribution in [2.45, 2.75) is 18.4 Å². The van der Waals surface area contributed by atoms with Gasteiger partial charge in [0.15, 0.2) is 0 Å². The second-order valence-electron chi connectivity index (χ2n) is 4.45. The van der Waals surface area contributed by atoms with E-state index in [-0.39, 0.29) is 20.6 Å². The molecule has 2 aromatic rings. The molecule has 0 radical (unpaired) electrons. The first-order valence-electron chi connectivity index (χ1n) is 6.02. The second kappa shape index (κ2) is 6.13. The SMILES string of the molecule is Cc1cc(Br)c(F)cc1NS(=O)(=O)c1ccccc1CO. The number of halogens is 2. The van der Waals surface area contributed by atoms with Crippen LogP contribution in [-0.4, -0.2) is 13.5 Å². The number of sulfonamides is 1. The van der Waals surface area contributed by atoms with Crippen LogP contribution in [0.2, 0.25) is 0 Å². The molecule has 4 nitrogen and oxygen atoms in total. The zero-order valence-corrected chi connectivity index (χ0v) is 13.5. The molecule has 0 aliphatic rings. The normalized spacial score (nSPS) is 11.4. The summed E-state index contributed by atoms with van der Waals surface area (Å²) in [5.41, 5.74) is 1.01. The van der Waals surface area contributed by atoms with E-state index in [0.29, 0.717) is 5.56 Å². The molecule has 7 heteroatoms. The molecular weight excluding hydrogens is 361 g/mol. The Kier molecular flexibility index (Phi) is 4.65. The summed E-state index contributed by atoms with van der Waals surface area (Å²) in [7, 11) is -3.90. The molecular formula is C14H13BrFNO3S. The minimum atomic E-state index is -3.90. The summed E-state index contributed by atoms with van der Waals surface area (Å²) in [5, 5.41) is 9.22. The maximum Gasteiger partial charge on any atom is 0.262 e. The van der Waals surface area contributed by atoms with E-state index in [1.54, 1.807) is 19.1 Å². The fourth-order valence-corrected chi connectivity index (χ4v) is 3.67. The van der Waals surface area contributed by atoms with Crippen molar-refractivity contribution in [2.24, 2.45) is 0 Å². The lowest BCUT2D eigenvalue weighted by Gasteiger charge is -2.13. The molecule has 0 heterocycles. The summed E-state index contributed by atoms with van der Waals surface area (Å²) in [5.74, 6) is -0.561. The zero-order chi connectivity index (χ0) is 15.6. The van der Waals surface area contributed by atoms with E-state index in [4.69, 9.17) is 0 Å². The van der Waals surface area contributed by atoms with E-state index < -0.39 is 22.4 Å². The monoisotopic (exact) mass is 373 g/mol. The molecule has 0 saturated heterocycles. The van der Waals surface area contributed by atoms with Gasteiger partial charge in [0, 0.05) is 0 Å². The van der Waals surface area contributed by atoms with Crippen LogP contribution >= 0.6 is 15.9 Å². The summed E-state index contributed by atoms with van der Waals surface area (Å²) in [6, 6.07) is 8.70. The molecule has 2 N–H and O–H groups in total. The molecule has 0 bridgehead atoms. The highest BCUT2D eigenvalue weighted by atomic mass is 79.9. The number of anilines is 1. The number of aliphatic hydroxyl groups is 1. The van der Waals surface area contributed by atoms with Crippen molar-refractivity contribution in [3.05, 3.63) is 57.8 Å². The Morgan fingerprint density at radius 1 is 1.29 bits per heavy atom. The van der Waals surface area contributed by atoms with Gasteiger partial charge in [-0.05, 0) is 52.2 Å². The number of benzene rings is 2. The van der Waals surface area contributed by atoms with E-state index in [2.05, 4.69) is 20.7 Å². The number of aliphatic hydroxyl groups excluding tert-OH is 1. The predicted octanol–water partition coefficient (Wildman–Crippen LogP) is 3.19. The molecule has 0 unspecified atom stereocenters. The van der Waals surface area contributed by atoms with Gasteiger partial charge in [0.2, 0.25) is 0 Å². The van der Waals surface area contributed by atoms with E-state index >= 15 is 0 Å². The molecule has 21 heavy (non-hydrogen) atoms. The summed E-state index contributed by atoms with van der Waals surface area (Å²) < 4.78 is 40.9. The standard InChI is InChI=1S/C14H13BrFNO3S/c1-9-6-11(15)12(16)7-13(9)17-21(19,20)14-5-3-2-4-10(14)8-18/h2-7,17-18H,8H2,1H3. The molecule has 0 aromatic heterocycles. The average Bonchev–Trinajstić information content (AvgIpc) is 2.44. The van der Waals surface area contributed by atoms with Gasteiger partial charge in [0.25, 0.3) is 10.0 Å². The third-order valence-electron chi connectivity index (χ3n) is 2.94. The van der Waals surface area contributed by atoms with Crippen molar-refractivity contribution in [3.63, 3.8) is 0 Å². The summed E-state index contributed by atoms with van der Waals surface area (Å²) in [6.45, 7) is 1.27. The summed E-state index contributed by atoms with van der Waals surface area (Å²) in [6.07, 6.45) is 0. The first kappa shape index (κ1) is 15.9. The fraction of sp³-hybridized carbons (Fsp3) is 0.143. The third-order valence-corrected chi connectivity index (χ3v) is 5.02. The van der Waals surface area contributed by atoms with Crippen LogP contribution < -0.4 is 4.72 Å². The summed E-state index contributed by atoms with van der Waals surface area (Å²) in [4.78, 5) is -0.0322. The van der Waals surface area contributed by atoms with Crippen molar-refractivity contribution < 1.29 is 17.9 Å². The first-order valence-corrected chi connectivity index (χ1v) is 8.30. The minimum absolute atomic E-state index is 0.0322. The lowest BCUT2D eigenvalue weighted by Crippen LogP contribution is -2.16. The van der Waals surface area contributed by atoms with Crippen LogP contribution in [0, 0.1) is 12.7 Å². The molecule has 2 aromatic carbocycles. The highest BCUT2D eigenvalue weighted by Crippen LogP contribution is 2.26. The molecule has 0 aliphatic heterocycles. The predicted molar refractivity (Wildman–Crippen MR) is 82.0 cm³/mol. The molecule has 0 fully saturated rings. The molecule has 2 rings (SSSR count). The number of nitrogens with one attached hydrogen (secondary N) is 1.